The molecule has 5 fully saturated rings. The summed E-state index contributed by atoms with van der Waals surface area (Å²) in [6.45, 7) is -2.10. The van der Waals surface area contributed by atoms with Gasteiger partial charge >= 0.3 is 35.6 Å². The first-order valence-electron chi connectivity index (χ1n) is 22.2. The highest BCUT2D eigenvalue weighted by molar-refractivity contribution is 6.08. The van der Waals surface area contributed by atoms with Gasteiger partial charge in [0.05, 0.1) is 34.8 Å². The summed E-state index contributed by atoms with van der Waals surface area (Å²) in [7, 11) is 0. The van der Waals surface area contributed by atoms with E-state index in [1.54, 1.807) is 0 Å². The molecular formula is C46H36O29. The van der Waals surface area contributed by atoms with E-state index >= 15 is 9.59 Å². The molecule has 0 unspecified atom stereocenters. The monoisotopic (exact) mass is 1050 g/mol. The topological polar surface area (TPSA) is 461 Å². The average Bonchev–Trinajstić information content (AvgIpc) is 3.76. The van der Waals surface area contributed by atoms with Crippen molar-refractivity contribution in [2.45, 2.75) is 84.5 Å². The van der Waals surface area contributed by atoms with E-state index in [0.717, 1.165) is 18.2 Å². The van der Waals surface area contributed by atoms with Crippen molar-refractivity contribution in [3.8, 4) is 68.6 Å². The molecule has 2 spiro atoms. The largest absolute Gasteiger partial charge is 0.504 e. The zero-order valence-corrected chi connectivity index (χ0v) is 37.2. The van der Waals surface area contributed by atoms with Crippen molar-refractivity contribution in [1.82, 2.24) is 0 Å². The molecule has 7 heterocycles. The van der Waals surface area contributed by atoms with Gasteiger partial charge in [-0.15, -0.1) is 0 Å². The molecule has 14 atom stereocenters. The second kappa shape index (κ2) is 15.2. The van der Waals surface area contributed by atoms with Gasteiger partial charge in [-0.2, -0.15) is 0 Å². The highest BCUT2D eigenvalue weighted by Crippen LogP contribution is 2.76. The van der Waals surface area contributed by atoms with E-state index in [2.05, 4.69) is 0 Å². The number of phenolic OH excluding ortho intramolecular Hbond substituents is 9. The number of ether oxygens (including phenoxy) is 10. The van der Waals surface area contributed by atoms with Gasteiger partial charge in [-0.05, 0) is 36.4 Å². The smallest absolute Gasteiger partial charge is 0.340 e. The van der Waals surface area contributed by atoms with Crippen LogP contribution in [-0.4, -0.2) is 187 Å². The fraction of sp³-hybridized carbons (Fsp3) is 0.370. The molecule has 8 aliphatic rings. The lowest BCUT2D eigenvalue weighted by Gasteiger charge is -2.62. The Kier molecular flexibility index (Phi) is 9.72. The predicted molar refractivity (Wildman–Crippen MR) is 224 cm³/mol. The number of hydrogen-bond donors (Lipinski definition) is 14. The summed E-state index contributed by atoms with van der Waals surface area (Å²) in [6.07, 6.45) is -20.0. The first-order valence-corrected chi connectivity index (χ1v) is 22.2. The molecule has 12 rings (SSSR count). The summed E-state index contributed by atoms with van der Waals surface area (Å²) < 4.78 is 59.0. The highest BCUT2D eigenvalue weighted by atomic mass is 16.9. The van der Waals surface area contributed by atoms with Gasteiger partial charge < -0.3 is 119 Å². The maximum Gasteiger partial charge on any atom is 0.340 e. The summed E-state index contributed by atoms with van der Waals surface area (Å²) in [5.41, 5.74) is -9.14. The van der Waals surface area contributed by atoms with E-state index < -0.39 is 229 Å². The lowest BCUT2D eigenvalue weighted by molar-refractivity contribution is -0.490. The first kappa shape index (κ1) is 47.8. The second-order valence-electron chi connectivity index (χ2n) is 18.8. The molecule has 4 aromatic rings. The van der Waals surface area contributed by atoms with Crippen LogP contribution in [0.1, 0.15) is 59.3 Å². The number of hydrogen-bond acceptors (Lipinski definition) is 29. The van der Waals surface area contributed by atoms with Gasteiger partial charge in [0.25, 0.3) is 0 Å². The maximum atomic E-state index is 15.9. The number of fused-ring (bicyclic) bond motifs is 6. The Morgan fingerprint density at radius 2 is 1.27 bits per heavy atom. The van der Waals surface area contributed by atoms with E-state index in [1.807, 2.05) is 0 Å². The molecule has 0 radical (unpaired) electrons. The Balaban J connectivity index is 1.10. The van der Waals surface area contributed by atoms with E-state index in [1.165, 1.54) is 0 Å². The molecule has 14 N–H and O–H groups in total. The van der Waals surface area contributed by atoms with E-state index in [4.69, 9.17) is 47.4 Å². The Bertz CT molecular complexity index is 3260. The zero-order valence-electron chi connectivity index (χ0n) is 37.2. The number of cyclic esters (lactones) is 1. The van der Waals surface area contributed by atoms with Gasteiger partial charge in [0.1, 0.15) is 42.2 Å². The molecule has 1 aliphatic carbocycles. The summed E-state index contributed by atoms with van der Waals surface area (Å²) in [6, 6.07) is 5.33. The number of rotatable bonds is 2. The van der Waals surface area contributed by atoms with Crippen molar-refractivity contribution in [3.05, 3.63) is 70.3 Å². The standard InChI is InChI=1S/C46H36O29/c47-15-4-11(5-16(48)25(15)52)35(58)72-39-32-31-30(21(68-39)9-66-36(59)13-6-17(49)26(53)28(55)23(13)24-14(38(61)69-31)7-18(50)27(54)29(24)56)71-41(62)42-10-43(63)46(65)45(64,74-40(42)44(75-43)34(57)19(51)8-67-44)33(42)22-12(37(60)70-32)2-1-3-20(22)73-46/h1-7,19,21,30-34,39-40,47-57,63-65H,8-10H2/t19-,21+,30+,31-,32+,33+,34+,39-,40+,42+,43-,44-,45-,46-/m0/s1. The van der Waals surface area contributed by atoms with E-state index in [-0.39, 0.29) is 0 Å². The molecule has 29 heteroatoms. The molecule has 4 aromatic carbocycles. The Labute approximate surface area is 414 Å². The van der Waals surface area contributed by atoms with Crippen molar-refractivity contribution in [1.29, 1.82) is 0 Å². The summed E-state index contributed by atoms with van der Waals surface area (Å²) >= 11 is 0. The SMILES string of the molecule is O=C(O[C@@H]1O[C@@H]2COC(=O)c3cc(O)c(O)c(O)c3-c3c(cc(O)c(O)c3O)C(=O)O[C@@H]3[C@H]1OC(=O)c1cccc4c1[C@@H]1[C@@]5(C[C@]6(O)O[C@]7(OC[C@H](O)[C@H]7O)[C@@H]5O[C@]1(O)[C@@]6(O)O4)C(=O)O[C@@H]32)c1cc(O)c(O)c(O)c1. The number of benzene rings is 4. The second-order valence-corrected chi connectivity index (χ2v) is 18.8. The van der Waals surface area contributed by atoms with Crippen LogP contribution in [0.5, 0.6) is 57.5 Å². The molecule has 0 amide bonds. The Morgan fingerprint density at radius 1 is 0.667 bits per heavy atom. The van der Waals surface area contributed by atoms with Gasteiger partial charge in [0, 0.05) is 23.1 Å². The number of aliphatic hydroxyl groups is 5. The molecule has 29 nitrogen and oxygen atoms in total. The summed E-state index contributed by atoms with van der Waals surface area (Å²) in [5, 5.41) is 156. The molecule has 7 aliphatic heterocycles. The van der Waals surface area contributed by atoms with E-state index in [9.17, 15) is 85.9 Å². The van der Waals surface area contributed by atoms with Crippen LogP contribution < -0.4 is 4.74 Å². The average molecular weight is 1050 g/mol. The van der Waals surface area contributed by atoms with Crippen LogP contribution in [0.15, 0.2) is 42.5 Å². The first-order chi connectivity index (χ1) is 35.3. The third-order valence-electron chi connectivity index (χ3n) is 14.8. The minimum absolute atomic E-state index is 0.403. The number of esters is 5. The van der Waals surface area contributed by atoms with Crippen LogP contribution in [0.4, 0.5) is 0 Å². The molecule has 0 aromatic heterocycles. The third kappa shape index (κ3) is 5.93. The normalized spacial score (nSPS) is 36.7. The highest BCUT2D eigenvalue weighted by Gasteiger charge is 2.95. The molecular weight excluding hydrogens is 1020 g/mol. The van der Waals surface area contributed by atoms with Crippen molar-refractivity contribution in [2.75, 3.05) is 13.2 Å². The molecule has 394 valence electrons. The zero-order chi connectivity index (χ0) is 53.5. The lowest BCUT2D eigenvalue weighted by Crippen LogP contribution is -2.83. The maximum absolute atomic E-state index is 15.9. The van der Waals surface area contributed by atoms with Gasteiger partial charge in [-0.1, -0.05) is 6.07 Å². The molecule has 1 saturated carbocycles. The summed E-state index contributed by atoms with van der Waals surface area (Å²) in [5.74, 6) is -35.8. The quantitative estimate of drug-likeness (QED) is 0.0583. The van der Waals surface area contributed by atoms with Gasteiger partial charge in [-0.3, -0.25) is 4.79 Å². The minimum Gasteiger partial charge on any atom is -0.504 e. The number of aliphatic hydroxyl groups excluding tert-OH is 2. The number of carbonyl (C=O) groups is 5. The summed E-state index contributed by atoms with van der Waals surface area (Å²) in [4.78, 5) is 74.2. The lowest BCUT2D eigenvalue weighted by atomic mass is 9.53. The minimum atomic E-state index is -3.52. The van der Waals surface area contributed by atoms with Crippen molar-refractivity contribution in [3.63, 3.8) is 0 Å². The van der Waals surface area contributed by atoms with Crippen LogP contribution in [-0.2, 0) is 47.4 Å². The number of carbonyl (C=O) groups excluding carboxylic acids is 5. The third-order valence-corrected chi connectivity index (χ3v) is 14.8. The Morgan fingerprint density at radius 3 is 1.89 bits per heavy atom. The fourth-order valence-corrected chi connectivity index (χ4v) is 11.5. The predicted octanol–water partition coefficient (Wildman–Crippen LogP) is -2.06. The van der Waals surface area contributed by atoms with Crippen LogP contribution in [0.25, 0.3) is 11.1 Å². The number of aromatic hydroxyl groups is 9. The van der Waals surface area contributed by atoms with Gasteiger partial charge in [0.2, 0.25) is 41.3 Å². The van der Waals surface area contributed by atoms with Gasteiger partial charge in [-0.25, -0.2) is 19.2 Å². The van der Waals surface area contributed by atoms with Crippen LogP contribution in [0, 0.1) is 5.41 Å². The van der Waals surface area contributed by atoms with Crippen molar-refractivity contribution in [2.24, 2.45) is 5.41 Å². The van der Waals surface area contributed by atoms with Crippen LogP contribution in [0.2, 0.25) is 0 Å². The van der Waals surface area contributed by atoms with Crippen LogP contribution >= 0.6 is 0 Å². The molecule has 9 bridgehead atoms. The fourth-order valence-electron chi connectivity index (χ4n) is 11.5. The van der Waals surface area contributed by atoms with Gasteiger partial charge in [0.15, 0.2) is 52.5 Å². The molecule has 4 saturated heterocycles. The van der Waals surface area contributed by atoms with Crippen LogP contribution in [0.3, 0.4) is 0 Å². The van der Waals surface area contributed by atoms with E-state index in [0.29, 0.717) is 24.3 Å². The number of phenols is 9. The Hall–Kier alpha value is -8.13. The van der Waals surface area contributed by atoms with Crippen molar-refractivity contribution >= 4 is 29.8 Å². The molecule has 75 heavy (non-hydrogen) atoms. The van der Waals surface area contributed by atoms with Crippen molar-refractivity contribution < 1.29 is 143 Å².